The fraction of sp³-hybridized carbons (Fsp3) is 0.660. The average Bonchev–Trinajstić information content (AvgIpc) is 3.55. The first-order valence-electron chi connectivity index (χ1n) is 23.8. The van der Waals surface area contributed by atoms with Gasteiger partial charge in [-0.25, -0.2) is 13.9 Å². The minimum Gasteiger partial charge on any atom is -0.462 e. The van der Waals surface area contributed by atoms with Gasteiger partial charge in [-0.1, -0.05) is 139 Å². The van der Waals surface area contributed by atoms with Gasteiger partial charge in [0.2, 0.25) is 0 Å². The quantitative estimate of drug-likeness (QED) is 0.0121. The SMILES string of the molecule is CC/C=C\C/C=C\C/C=C\C/C=C\C=C\C(O)CCCC(=O)OC[C@H](COP(=O)(O)OP(=O)(O)OC[C@H]1O[C@@H](n2ccc(N)nc2=O)[C@H](O)[C@@H]1O)OC(=O)CCCCCCCCCCCC(C)C. The predicted molar refractivity (Wildman–Crippen MR) is 258 cm³/mol. The van der Waals surface area contributed by atoms with Crippen LogP contribution < -0.4 is 11.4 Å². The Morgan fingerprint density at radius 1 is 0.794 bits per heavy atom. The molecular formula is C47H77N3O16P2. The number of aliphatic hydroxyl groups excluding tert-OH is 3. The van der Waals surface area contributed by atoms with Crippen molar-refractivity contribution in [2.45, 2.75) is 173 Å². The van der Waals surface area contributed by atoms with Gasteiger partial charge in [-0.15, -0.1) is 0 Å². The zero-order valence-electron chi connectivity index (χ0n) is 39.9. The molecule has 1 aromatic heterocycles. The van der Waals surface area contributed by atoms with Crippen LogP contribution in [0.5, 0.6) is 0 Å². The molecule has 1 saturated heterocycles. The number of unbranched alkanes of at least 4 members (excludes halogenated alkanes) is 8. The molecule has 1 aromatic rings. The van der Waals surface area contributed by atoms with Crippen LogP contribution in [-0.2, 0) is 46.3 Å². The maximum Gasteiger partial charge on any atom is 0.481 e. The maximum atomic E-state index is 12.8. The molecule has 0 aromatic carbocycles. The zero-order chi connectivity index (χ0) is 50.2. The number of anilines is 1. The molecule has 8 atom stereocenters. The van der Waals surface area contributed by atoms with E-state index in [1.807, 2.05) is 12.2 Å². The highest BCUT2D eigenvalue weighted by molar-refractivity contribution is 7.61. The zero-order valence-corrected chi connectivity index (χ0v) is 41.7. The van der Waals surface area contributed by atoms with E-state index in [-0.39, 0.29) is 31.5 Å². The van der Waals surface area contributed by atoms with Gasteiger partial charge < -0.3 is 45.1 Å². The molecule has 1 fully saturated rings. The van der Waals surface area contributed by atoms with Crippen LogP contribution in [0.3, 0.4) is 0 Å². The second kappa shape index (κ2) is 34.7. The van der Waals surface area contributed by atoms with Gasteiger partial charge in [-0.3, -0.25) is 23.2 Å². The number of aromatic nitrogens is 2. The highest BCUT2D eigenvalue weighted by atomic mass is 31.3. The van der Waals surface area contributed by atoms with Crippen molar-refractivity contribution in [3.63, 3.8) is 0 Å². The van der Waals surface area contributed by atoms with Crippen molar-refractivity contribution >= 4 is 33.4 Å². The molecule has 0 amide bonds. The van der Waals surface area contributed by atoms with Gasteiger partial charge in [-0.2, -0.15) is 9.29 Å². The van der Waals surface area contributed by atoms with Crippen LogP contribution in [0.15, 0.2) is 77.8 Å². The van der Waals surface area contributed by atoms with Gasteiger partial charge in [0.05, 0.1) is 19.3 Å². The summed E-state index contributed by atoms with van der Waals surface area (Å²) in [4.78, 5) is 61.8. The summed E-state index contributed by atoms with van der Waals surface area (Å²) >= 11 is 0. The number of carbonyl (C=O) groups excluding carboxylic acids is 2. The molecule has 1 aliphatic heterocycles. The van der Waals surface area contributed by atoms with Crippen molar-refractivity contribution < 1.29 is 71.4 Å². The van der Waals surface area contributed by atoms with Crippen molar-refractivity contribution in [1.82, 2.24) is 9.55 Å². The van der Waals surface area contributed by atoms with Crippen LogP contribution in [0.2, 0.25) is 0 Å². The van der Waals surface area contributed by atoms with Gasteiger partial charge in [-0.05, 0) is 56.9 Å². The van der Waals surface area contributed by atoms with Crippen LogP contribution in [0, 0.1) is 5.92 Å². The summed E-state index contributed by atoms with van der Waals surface area (Å²) < 4.78 is 56.5. The third-order valence-corrected chi connectivity index (χ3v) is 13.0. The van der Waals surface area contributed by atoms with Crippen molar-refractivity contribution in [1.29, 1.82) is 0 Å². The number of ether oxygens (including phenoxy) is 3. The smallest absolute Gasteiger partial charge is 0.462 e. The lowest BCUT2D eigenvalue weighted by Crippen LogP contribution is -2.36. The van der Waals surface area contributed by atoms with E-state index < -0.39 is 89.8 Å². The van der Waals surface area contributed by atoms with Crippen LogP contribution in [0.4, 0.5) is 5.82 Å². The highest BCUT2D eigenvalue weighted by Crippen LogP contribution is 2.60. The first kappa shape index (κ1) is 60.5. The normalized spacial score (nSPS) is 20.5. The van der Waals surface area contributed by atoms with E-state index in [0.29, 0.717) is 12.3 Å². The Balaban J connectivity index is 1.87. The lowest BCUT2D eigenvalue weighted by atomic mass is 10.0. The number of hydrogen-bond acceptors (Lipinski definition) is 16. The molecule has 21 heteroatoms. The number of carbonyl (C=O) groups is 2. The third-order valence-electron chi connectivity index (χ3n) is 10.4. The van der Waals surface area contributed by atoms with Crippen molar-refractivity contribution in [3.8, 4) is 0 Å². The van der Waals surface area contributed by atoms with E-state index in [1.54, 1.807) is 12.2 Å². The molecule has 0 saturated carbocycles. The van der Waals surface area contributed by atoms with Gasteiger partial charge in [0.1, 0.15) is 30.7 Å². The second-order valence-electron chi connectivity index (χ2n) is 16.9. The summed E-state index contributed by atoms with van der Waals surface area (Å²) in [7, 11) is -10.9. The Morgan fingerprint density at radius 3 is 2.01 bits per heavy atom. The monoisotopic (exact) mass is 1000 g/mol. The highest BCUT2D eigenvalue weighted by Gasteiger charge is 2.46. The maximum absolute atomic E-state index is 12.8. The van der Waals surface area contributed by atoms with Gasteiger partial charge in [0.15, 0.2) is 12.3 Å². The molecule has 386 valence electrons. The number of esters is 2. The van der Waals surface area contributed by atoms with E-state index in [2.05, 4.69) is 66.5 Å². The van der Waals surface area contributed by atoms with Gasteiger partial charge in [0.25, 0.3) is 0 Å². The largest absolute Gasteiger partial charge is 0.481 e. The number of nitrogens with zero attached hydrogens (tertiary/aromatic N) is 2. The Morgan fingerprint density at radius 2 is 1.38 bits per heavy atom. The van der Waals surface area contributed by atoms with Gasteiger partial charge >= 0.3 is 33.3 Å². The molecule has 68 heavy (non-hydrogen) atoms. The summed E-state index contributed by atoms with van der Waals surface area (Å²) in [6.45, 7) is 4.08. The number of nitrogen functional groups attached to an aromatic ring is 1. The topological polar surface area (TPSA) is 286 Å². The predicted octanol–water partition coefficient (Wildman–Crippen LogP) is 7.99. The van der Waals surface area contributed by atoms with Gasteiger partial charge in [0, 0.05) is 19.0 Å². The summed E-state index contributed by atoms with van der Waals surface area (Å²) in [5, 5.41) is 31.2. The lowest BCUT2D eigenvalue weighted by molar-refractivity contribution is -0.161. The summed E-state index contributed by atoms with van der Waals surface area (Å²) in [5.74, 6) is -0.799. The molecular weight excluding hydrogens is 924 g/mol. The third kappa shape index (κ3) is 28.2. The number of allylic oxidation sites excluding steroid dienone is 9. The van der Waals surface area contributed by atoms with Crippen molar-refractivity contribution in [2.75, 3.05) is 25.6 Å². The molecule has 3 unspecified atom stereocenters. The lowest BCUT2D eigenvalue weighted by Gasteiger charge is -2.21. The Hall–Kier alpha value is -3.58. The summed E-state index contributed by atoms with van der Waals surface area (Å²) in [6.07, 6.45) is 26.5. The molecule has 1 aliphatic rings. The molecule has 2 heterocycles. The van der Waals surface area contributed by atoms with E-state index in [0.717, 1.165) is 68.6 Å². The van der Waals surface area contributed by atoms with E-state index >= 15 is 0 Å². The van der Waals surface area contributed by atoms with Crippen LogP contribution in [0.25, 0.3) is 0 Å². The number of aliphatic hydroxyl groups is 3. The van der Waals surface area contributed by atoms with Crippen LogP contribution in [-0.4, -0.2) is 96.9 Å². The van der Waals surface area contributed by atoms with E-state index in [4.69, 9.17) is 29.0 Å². The average molecular weight is 1000 g/mol. The summed E-state index contributed by atoms with van der Waals surface area (Å²) in [5.41, 5.74) is 4.56. The minimum absolute atomic E-state index is 0.00700. The Bertz CT molecular complexity index is 1900. The van der Waals surface area contributed by atoms with Crippen LogP contribution in [0.1, 0.15) is 143 Å². The molecule has 7 N–H and O–H groups in total. The number of nitrogens with two attached hydrogens (primary N) is 1. The Kier molecular flexibility index (Phi) is 30.9. The standard InChI is InChI=1S/C47H77N3O16P2/c1-4-5-6-7-8-9-10-11-12-15-18-21-24-28-38(51)29-26-31-42(52)61-34-39(64-43(53)30-25-22-19-16-13-14-17-20-23-27-37(2)3)35-62-67(57,58)66-68(59,60)63-36-40-44(54)45(55)46(65-40)50-33-32-41(48)49-47(50)56/h5-6,8-9,11-12,18,21,24,28,32-33,37-40,44-46,51,54-55H,4,7,10,13-17,19-20,22-23,25-27,29-31,34-36H2,1-3H3,(H,57,58)(H,59,60)(H2,48,49,56)/b6-5-,9-8-,12-11-,21-18-,28-24+/t38?,39-,40-,44-,45-,46-/m1/s1. The van der Waals surface area contributed by atoms with Crippen molar-refractivity contribution in [2.24, 2.45) is 5.92 Å². The summed E-state index contributed by atoms with van der Waals surface area (Å²) in [6, 6.07) is 1.24. The minimum atomic E-state index is -5.46. The van der Waals surface area contributed by atoms with E-state index in [9.17, 15) is 48.6 Å². The van der Waals surface area contributed by atoms with E-state index in [1.165, 1.54) is 31.7 Å². The second-order valence-corrected chi connectivity index (χ2v) is 20.0. The molecule has 0 radical (unpaired) electrons. The number of phosphoric ester groups is 2. The number of hydrogen-bond donors (Lipinski definition) is 6. The van der Waals surface area contributed by atoms with Crippen LogP contribution >= 0.6 is 15.6 Å². The molecule has 0 aliphatic carbocycles. The molecule has 0 spiro atoms. The number of phosphoric acid groups is 2. The Labute approximate surface area is 401 Å². The first-order valence-corrected chi connectivity index (χ1v) is 26.8. The molecule has 2 rings (SSSR count). The van der Waals surface area contributed by atoms with Crippen molar-refractivity contribution in [3.05, 3.63) is 83.5 Å². The fourth-order valence-electron chi connectivity index (χ4n) is 6.70. The molecule has 0 bridgehead atoms. The molecule has 19 nitrogen and oxygen atoms in total. The fourth-order valence-corrected chi connectivity index (χ4v) is 8.81. The number of rotatable bonds is 37. The first-order chi connectivity index (χ1) is 32.4.